The van der Waals surface area contributed by atoms with Crippen molar-refractivity contribution in [1.29, 1.82) is 0 Å². The molecule has 3 nitrogen and oxygen atoms in total. The van der Waals surface area contributed by atoms with Crippen molar-refractivity contribution in [2.24, 2.45) is 0 Å². The third-order valence-corrected chi connectivity index (χ3v) is 4.09. The van der Waals surface area contributed by atoms with E-state index in [1.807, 2.05) is 18.2 Å². The van der Waals surface area contributed by atoms with Gasteiger partial charge in [-0.1, -0.05) is 36.4 Å². The maximum Gasteiger partial charge on any atom is 0.153 e. The Kier molecular flexibility index (Phi) is 3.56. The summed E-state index contributed by atoms with van der Waals surface area (Å²) in [6.07, 6.45) is 0. The summed E-state index contributed by atoms with van der Waals surface area (Å²) < 4.78 is 11.2. The Labute approximate surface area is 122 Å². The molecule has 0 saturated heterocycles. The second-order valence-electron chi connectivity index (χ2n) is 4.68. The molecular formula is C16H16N2OS. The van der Waals surface area contributed by atoms with Crippen LogP contribution in [-0.2, 0) is 6.54 Å². The molecule has 4 heteroatoms. The van der Waals surface area contributed by atoms with Crippen LogP contribution in [-0.4, -0.2) is 18.5 Å². The van der Waals surface area contributed by atoms with Gasteiger partial charge in [-0.25, -0.2) is 0 Å². The number of aromatic nitrogens is 1. The SMILES string of the molecule is COc1cccc2snc(N(C)Cc3ccccc3)c12. The van der Waals surface area contributed by atoms with Crippen LogP contribution in [0.15, 0.2) is 48.5 Å². The highest BCUT2D eigenvalue weighted by atomic mass is 32.1. The lowest BCUT2D eigenvalue weighted by molar-refractivity contribution is 0.420. The Bertz CT molecular complexity index is 709. The zero-order valence-corrected chi connectivity index (χ0v) is 12.4. The second kappa shape index (κ2) is 5.51. The predicted molar refractivity (Wildman–Crippen MR) is 84.7 cm³/mol. The maximum absolute atomic E-state index is 5.47. The molecule has 1 heterocycles. The van der Waals surface area contributed by atoms with Gasteiger partial charge in [-0.3, -0.25) is 0 Å². The average Bonchev–Trinajstić information content (AvgIpc) is 2.92. The molecule has 3 rings (SSSR count). The number of hydrogen-bond acceptors (Lipinski definition) is 4. The van der Waals surface area contributed by atoms with Gasteiger partial charge in [0.25, 0.3) is 0 Å². The Hall–Kier alpha value is -2.07. The Morgan fingerprint density at radius 1 is 1.10 bits per heavy atom. The van der Waals surface area contributed by atoms with Crippen LogP contribution < -0.4 is 9.64 Å². The van der Waals surface area contributed by atoms with Crippen LogP contribution in [0.2, 0.25) is 0 Å². The van der Waals surface area contributed by atoms with E-state index in [9.17, 15) is 0 Å². The third kappa shape index (κ3) is 2.34. The van der Waals surface area contributed by atoms with Gasteiger partial charge in [-0.2, -0.15) is 4.37 Å². The van der Waals surface area contributed by atoms with Crippen LogP contribution in [0, 0.1) is 0 Å². The Morgan fingerprint density at radius 2 is 1.90 bits per heavy atom. The highest BCUT2D eigenvalue weighted by Gasteiger charge is 2.14. The van der Waals surface area contributed by atoms with Crippen molar-refractivity contribution in [3.05, 3.63) is 54.1 Å². The molecule has 0 fully saturated rings. The van der Waals surface area contributed by atoms with Crippen LogP contribution in [0.3, 0.4) is 0 Å². The lowest BCUT2D eigenvalue weighted by Crippen LogP contribution is -2.16. The van der Waals surface area contributed by atoms with E-state index < -0.39 is 0 Å². The smallest absolute Gasteiger partial charge is 0.153 e. The van der Waals surface area contributed by atoms with E-state index in [2.05, 4.69) is 46.7 Å². The van der Waals surface area contributed by atoms with Gasteiger partial charge in [0.2, 0.25) is 0 Å². The van der Waals surface area contributed by atoms with Gasteiger partial charge < -0.3 is 9.64 Å². The molecule has 0 aliphatic heterocycles. The lowest BCUT2D eigenvalue weighted by Gasteiger charge is -2.17. The van der Waals surface area contributed by atoms with Gasteiger partial charge >= 0.3 is 0 Å². The first-order chi connectivity index (χ1) is 9.79. The molecule has 0 aliphatic rings. The molecule has 20 heavy (non-hydrogen) atoms. The molecule has 1 aromatic heterocycles. The molecule has 102 valence electrons. The zero-order chi connectivity index (χ0) is 13.9. The standard InChI is InChI=1S/C16H16N2OS/c1-18(11-12-7-4-3-5-8-12)16-15-13(19-2)9-6-10-14(15)20-17-16/h3-10H,11H2,1-2H3. The number of fused-ring (bicyclic) bond motifs is 1. The molecule has 3 aromatic rings. The predicted octanol–water partition coefficient (Wildman–Crippen LogP) is 3.94. The van der Waals surface area contributed by atoms with E-state index in [0.29, 0.717) is 0 Å². The summed E-state index contributed by atoms with van der Waals surface area (Å²) in [4.78, 5) is 2.16. The number of ether oxygens (including phenoxy) is 1. The van der Waals surface area contributed by atoms with E-state index in [1.165, 1.54) is 17.1 Å². The summed E-state index contributed by atoms with van der Waals surface area (Å²) in [5, 5.41) is 1.10. The van der Waals surface area contributed by atoms with Crippen LogP contribution in [0.1, 0.15) is 5.56 Å². The van der Waals surface area contributed by atoms with Crippen LogP contribution in [0.4, 0.5) is 5.82 Å². The van der Waals surface area contributed by atoms with Crippen molar-refractivity contribution in [2.75, 3.05) is 19.1 Å². The quantitative estimate of drug-likeness (QED) is 0.725. The maximum atomic E-state index is 5.47. The van der Waals surface area contributed by atoms with Crippen molar-refractivity contribution >= 4 is 27.4 Å². The topological polar surface area (TPSA) is 25.4 Å². The van der Waals surface area contributed by atoms with E-state index in [4.69, 9.17) is 4.74 Å². The fraction of sp³-hybridized carbons (Fsp3) is 0.188. The molecule has 0 N–H and O–H groups in total. The van der Waals surface area contributed by atoms with Crippen molar-refractivity contribution in [2.45, 2.75) is 6.54 Å². The van der Waals surface area contributed by atoms with E-state index in [1.54, 1.807) is 7.11 Å². The number of hydrogen-bond donors (Lipinski definition) is 0. The lowest BCUT2D eigenvalue weighted by atomic mass is 10.2. The number of nitrogens with zero attached hydrogens (tertiary/aromatic N) is 2. The Balaban J connectivity index is 1.97. The van der Waals surface area contributed by atoms with Gasteiger partial charge in [-0.15, -0.1) is 0 Å². The van der Waals surface area contributed by atoms with Crippen molar-refractivity contribution in [3.8, 4) is 5.75 Å². The minimum atomic E-state index is 0.831. The van der Waals surface area contributed by atoms with Crippen molar-refractivity contribution in [3.63, 3.8) is 0 Å². The molecule has 0 radical (unpaired) electrons. The second-order valence-corrected chi connectivity index (χ2v) is 5.49. The van der Waals surface area contributed by atoms with Gasteiger partial charge in [0, 0.05) is 13.6 Å². The summed E-state index contributed by atoms with van der Waals surface area (Å²) in [7, 11) is 3.77. The van der Waals surface area contributed by atoms with Crippen molar-refractivity contribution in [1.82, 2.24) is 4.37 Å². The monoisotopic (exact) mass is 284 g/mol. The number of rotatable bonds is 4. The Morgan fingerprint density at radius 3 is 2.65 bits per heavy atom. The first-order valence-electron chi connectivity index (χ1n) is 6.47. The highest BCUT2D eigenvalue weighted by Crippen LogP contribution is 2.36. The van der Waals surface area contributed by atoms with Gasteiger partial charge in [0.1, 0.15) is 5.75 Å². The molecule has 0 aliphatic carbocycles. The summed E-state index contributed by atoms with van der Waals surface area (Å²) in [5.41, 5.74) is 1.27. The van der Waals surface area contributed by atoms with E-state index >= 15 is 0 Å². The molecular weight excluding hydrogens is 268 g/mol. The van der Waals surface area contributed by atoms with E-state index in [0.717, 1.165) is 28.2 Å². The zero-order valence-electron chi connectivity index (χ0n) is 11.5. The van der Waals surface area contributed by atoms with Gasteiger partial charge in [0.05, 0.1) is 17.2 Å². The largest absolute Gasteiger partial charge is 0.496 e. The minimum absolute atomic E-state index is 0.831. The highest BCUT2D eigenvalue weighted by molar-refractivity contribution is 7.13. The fourth-order valence-corrected chi connectivity index (χ4v) is 3.15. The molecule has 0 spiro atoms. The van der Waals surface area contributed by atoms with Crippen LogP contribution in [0.5, 0.6) is 5.75 Å². The first kappa shape index (κ1) is 12.9. The van der Waals surface area contributed by atoms with Crippen molar-refractivity contribution < 1.29 is 4.74 Å². The number of benzene rings is 2. The normalized spacial score (nSPS) is 10.7. The average molecular weight is 284 g/mol. The first-order valence-corrected chi connectivity index (χ1v) is 7.24. The molecule has 0 bridgehead atoms. The summed E-state index contributed by atoms with van der Waals surface area (Å²) in [6, 6.07) is 16.5. The fourth-order valence-electron chi connectivity index (χ4n) is 2.31. The summed E-state index contributed by atoms with van der Waals surface area (Å²) >= 11 is 1.51. The van der Waals surface area contributed by atoms with Gasteiger partial charge in [-0.05, 0) is 29.2 Å². The molecule has 0 atom stereocenters. The minimum Gasteiger partial charge on any atom is -0.496 e. The van der Waals surface area contributed by atoms with E-state index in [-0.39, 0.29) is 0 Å². The molecule has 0 unspecified atom stereocenters. The summed E-state index contributed by atoms with van der Waals surface area (Å²) in [6.45, 7) is 0.831. The molecule has 0 saturated carbocycles. The van der Waals surface area contributed by atoms with Gasteiger partial charge in [0.15, 0.2) is 5.82 Å². The number of methoxy groups -OCH3 is 1. The molecule has 0 amide bonds. The summed E-state index contributed by atoms with van der Waals surface area (Å²) in [5.74, 6) is 1.86. The number of anilines is 1. The van der Waals surface area contributed by atoms with Crippen LogP contribution >= 0.6 is 11.5 Å². The van der Waals surface area contributed by atoms with Crippen LogP contribution in [0.25, 0.3) is 10.1 Å². The third-order valence-electron chi connectivity index (χ3n) is 3.29. The molecule has 2 aromatic carbocycles.